The number of alkyl halides is 1. The van der Waals surface area contributed by atoms with Gasteiger partial charge < -0.3 is 0 Å². The summed E-state index contributed by atoms with van der Waals surface area (Å²) in [4.78, 5) is 16.7. The fourth-order valence-electron chi connectivity index (χ4n) is 2.62. The van der Waals surface area contributed by atoms with Crippen molar-refractivity contribution in [2.75, 3.05) is 12.4 Å². The first kappa shape index (κ1) is 15.9. The molecule has 1 atom stereocenters. The number of aliphatic imine (C=N–C) groups is 1. The molecule has 1 aromatic rings. The largest absolute Gasteiger partial charge is 0.271 e. The summed E-state index contributed by atoms with van der Waals surface area (Å²) in [7, 11) is 0. The zero-order valence-corrected chi connectivity index (χ0v) is 14.3. The van der Waals surface area contributed by atoms with Gasteiger partial charge in [0.1, 0.15) is 6.04 Å². The van der Waals surface area contributed by atoms with E-state index in [9.17, 15) is 4.79 Å². The molecule has 0 bridgehead atoms. The highest BCUT2D eigenvalue weighted by Gasteiger charge is 2.39. The predicted octanol–water partition coefficient (Wildman–Crippen LogP) is 3.51. The van der Waals surface area contributed by atoms with Gasteiger partial charge in [0, 0.05) is 29.6 Å². The van der Waals surface area contributed by atoms with Crippen molar-refractivity contribution in [3.05, 3.63) is 46.0 Å². The van der Waals surface area contributed by atoms with Crippen LogP contribution >= 0.6 is 35.0 Å². The van der Waals surface area contributed by atoms with Crippen molar-refractivity contribution in [1.82, 2.24) is 10.0 Å². The number of hydrogen-bond donors (Lipinski definition) is 0. The van der Waals surface area contributed by atoms with Crippen LogP contribution in [0.5, 0.6) is 0 Å². The zero-order valence-electron chi connectivity index (χ0n) is 12.0. The van der Waals surface area contributed by atoms with Crippen molar-refractivity contribution in [3.63, 3.8) is 0 Å². The number of amidine groups is 1. The van der Waals surface area contributed by atoms with Crippen molar-refractivity contribution < 1.29 is 4.79 Å². The molecule has 7 heteroatoms. The van der Waals surface area contributed by atoms with Crippen LogP contribution in [0.15, 0.2) is 40.4 Å². The Balaban J connectivity index is 1.93. The smallest absolute Gasteiger partial charge is 0.267 e. The Labute approximate surface area is 143 Å². The number of carbonyl (C=O) groups excluding carboxylic acids is 1. The third kappa shape index (κ3) is 2.91. The first-order valence-electron chi connectivity index (χ1n) is 6.94. The Morgan fingerprint density at radius 3 is 2.86 bits per heavy atom. The maximum Gasteiger partial charge on any atom is 0.267 e. The number of carbonyl (C=O) groups is 1. The van der Waals surface area contributed by atoms with E-state index in [0.717, 1.165) is 11.3 Å². The topological polar surface area (TPSA) is 35.9 Å². The van der Waals surface area contributed by atoms with Crippen LogP contribution in [0.25, 0.3) is 0 Å². The van der Waals surface area contributed by atoms with Gasteiger partial charge in [-0.1, -0.05) is 41.6 Å². The van der Waals surface area contributed by atoms with E-state index in [-0.39, 0.29) is 11.9 Å². The highest BCUT2D eigenvalue weighted by Crippen LogP contribution is 2.33. The van der Waals surface area contributed by atoms with E-state index in [1.165, 1.54) is 11.8 Å². The quantitative estimate of drug-likeness (QED) is 0.774. The Hall–Kier alpha value is -1.01. The maximum atomic E-state index is 12.5. The van der Waals surface area contributed by atoms with Gasteiger partial charge in [0.2, 0.25) is 0 Å². The molecule has 2 aliphatic rings. The van der Waals surface area contributed by atoms with E-state index in [2.05, 4.69) is 4.99 Å². The number of halogens is 2. The predicted molar refractivity (Wildman–Crippen MR) is 92.0 cm³/mol. The summed E-state index contributed by atoms with van der Waals surface area (Å²) in [6.07, 6.45) is 0.515. The van der Waals surface area contributed by atoms with Crippen LogP contribution in [0, 0.1) is 0 Å². The van der Waals surface area contributed by atoms with E-state index < -0.39 is 0 Å². The number of fused-ring (bicyclic) bond motifs is 1. The van der Waals surface area contributed by atoms with Crippen molar-refractivity contribution >= 4 is 46.0 Å². The molecular formula is C15H15Cl2N3OS. The van der Waals surface area contributed by atoms with Crippen LogP contribution in [-0.2, 0) is 11.2 Å². The van der Waals surface area contributed by atoms with E-state index in [0.29, 0.717) is 29.0 Å². The Bertz CT molecular complexity index is 662. The molecule has 1 amide bonds. The first-order valence-corrected chi connectivity index (χ1v) is 8.73. The summed E-state index contributed by atoms with van der Waals surface area (Å²) in [5.74, 6) is 0.292. The van der Waals surface area contributed by atoms with Gasteiger partial charge in [0.15, 0.2) is 5.17 Å². The van der Waals surface area contributed by atoms with Gasteiger partial charge in [-0.25, -0.2) is 5.01 Å². The highest BCUT2D eigenvalue weighted by atomic mass is 35.5. The minimum atomic E-state index is -0.385. The van der Waals surface area contributed by atoms with Gasteiger partial charge in [-0.05, 0) is 24.0 Å². The average molecular weight is 356 g/mol. The summed E-state index contributed by atoms with van der Waals surface area (Å²) in [5, 5.41) is 7.33. The molecule has 0 saturated heterocycles. The molecule has 0 fully saturated rings. The van der Waals surface area contributed by atoms with Gasteiger partial charge >= 0.3 is 0 Å². The second kappa shape index (κ2) is 6.62. The van der Waals surface area contributed by atoms with Gasteiger partial charge in [-0.15, -0.1) is 11.6 Å². The van der Waals surface area contributed by atoms with Crippen molar-refractivity contribution in [2.45, 2.75) is 19.4 Å². The van der Waals surface area contributed by atoms with Crippen LogP contribution in [0.2, 0.25) is 5.02 Å². The molecule has 0 saturated carbocycles. The van der Waals surface area contributed by atoms with Crippen LogP contribution in [-0.4, -0.2) is 39.6 Å². The van der Waals surface area contributed by atoms with Crippen LogP contribution in [0.1, 0.15) is 12.5 Å². The van der Waals surface area contributed by atoms with E-state index in [1.54, 1.807) is 0 Å². The monoisotopic (exact) mass is 355 g/mol. The molecule has 4 nitrogen and oxygen atoms in total. The molecule has 0 radical (unpaired) electrons. The number of hydrazine groups is 1. The molecule has 2 aliphatic heterocycles. The number of hydrogen-bond acceptors (Lipinski definition) is 4. The second-order valence-electron chi connectivity index (χ2n) is 5.08. The number of benzene rings is 1. The Kier molecular flexibility index (Phi) is 4.78. The molecule has 0 aromatic heterocycles. The highest BCUT2D eigenvalue weighted by molar-refractivity contribution is 8.16. The minimum absolute atomic E-state index is 0.146. The van der Waals surface area contributed by atoms with Crippen LogP contribution < -0.4 is 0 Å². The molecule has 0 spiro atoms. The Morgan fingerprint density at radius 2 is 2.14 bits per heavy atom. The fourth-order valence-corrected chi connectivity index (χ4v) is 3.87. The first-order chi connectivity index (χ1) is 10.6. The third-order valence-electron chi connectivity index (χ3n) is 3.64. The summed E-state index contributed by atoms with van der Waals surface area (Å²) >= 11 is 13.6. The van der Waals surface area contributed by atoms with E-state index in [1.807, 2.05) is 46.6 Å². The van der Waals surface area contributed by atoms with Gasteiger partial charge in [-0.3, -0.25) is 9.80 Å². The minimum Gasteiger partial charge on any atom is -0.271 e. The summed E-state index contributed by atoms with van der Waals surface area (Å²) in [6.45, 7) is 2.58. The standard InChI is InChI=1S/C15H15Cl2N3OS/c1-10-9-22-15-18-14(21)13(19(7-6-16)20(10)15)8-11-4-2-3-5-12(11)17/h2-5,9,13H,6-8H2,1H3. The molecule has 116 valence electrons. The lowest BCUT2D eigenvalue weighted by Crippen LogP contribution is -2.56. The van der Waals surface area contributed by atoms with Gasteiger partial charge in [0.05, 0.1) is 0 Å². The normalized spacial score (nSPS) is 21.7. The van der Waals surface area contributed by atoms with Crippen molar-refractivity contribution in [2.24, 2.45) is 4.99 Å². The summed E-state index contributed by atoms with van der Waals surface area (Å²) < 4.78 is 0. The summed E-state index contributed by atoms with van der Waals surface area (Å²) in [6, 6.07) is 7.19. The van der Waals surface area contributed by atoms with Crippen LogP contribution in [0.3, 0.4) is 0 Å². The third-order valence-corrected chi connectivity index (χ3v) is 5.11. The number of rotatable bonds is 4. The second-order valence-corrected chi connectivity index (χ2v) is 6.71. The van der Waals surface area contributed by atoms with Crippen LogP contribution in [0.4, 0.5) is 0 Å². The van der Waals surface area contributed by atoms with E-state index >= 15 is 0 Å². The number of nitrogens with zero attached hydrogens (tertiary/aromatic N) is 3. The summed E-state index contributed by atoms with van der Waals surface area (Å²) in [5.41, 5.74) is 1.99. The molecule has 0 aliphatic carbocycles. The molecule has 1 unspecified atom stereocenters. The lowest BCUT2D eigenvalue weighted by Gasteiger charge is -2.40. The molecule has 2 heterocycles. The number of amides is 1. The SMILES string of the molecule is CC1=CSC2=NC(=O)C(Cc3ccccc3Cl)N(CCCl)N12. The molecule has 0 N–H and O–H groups in total. The maximum absolute atomic E-state index is 12.5. The number of thioether (sulfide) groups is 1. The lowest BCUT2D eigenvalue weighted by atomic mass is 10.0. The van der Waals surface area contributed by atoms with Gasteiger partial charge in [0.25, 0.3) is 5.91 Å². The molecule has 1 aromatic carbocycles. The van der Waals surface area contributed by atoms with Crippen molar-refractivity contribution in [3.8, 4) is 0 Å². The fraction of sp³-hybridized carbons (Fsp3) is 0.333. The lowest BCUT2D eigenvalue weighted by molar-refractivity contribution is -0.129. The number of allylic oxidation sites excluding steroid dienone is 1. The average Bonchev–Trinajstić information content (AvgIpc) is 2.85. The van der Waals surface area contributed by atoms with E-state index in [4.69, 9.17) is 23.2 Å². The van der Waals surface area contributed by atoms with Crippen molar-refractivity contribution in [1.29, 1.82) is 0 Å². The van der Waals surface area contributed by atoms with Gasteiger partial charge in [-0.2, -0.15) is 4.99 Å². The molecular weight excluding hydrogens is 341 g/mol. The molecule has 22 heavy (non-hydrogen) atoms. The zero-order chi connectivity index (χ0) is 15.7. The Morgan fingerprint density at radius 1 is 1.36 bits per heavy atom. The molecule has 3 rings (SSSR count).